The molecule has 21 heavy (non-hydrogen) atoms. The lowest BCUT2D eigenvalue weighted by Gasteiger charge is -2.10. The quantitative estimate of drug-likeness (QED) is 0.831. The molecule has 0 bridgehead atoms. The molecular weight excluding hydrogens is 271 g/mol. The average Bonchev–Trinajstić information content (AvgIpc) is 2.49. The number of carbonyl (C=O) groups is 1. The summed E-state index contributed by atoms with van der Waals surface area (Å²) in [5, 5.41) is 2.77. The van der Waals surface area contributed by atoms with Gasteiger partial charge in [0.15, 0.2) is 0 Å². The Morgan fingerprint density at radius 1 is 1.24 bits per heavy atom. The highest BCUT2D eigenvalue weighted by atomic mass is 19.1. The molecule has 0 fully saturated rings. The molecule has 1 amide bonds. The largest absolute Gasteiger partial charge is 0.492 e. The third-order valence-corrected chi connectivity index (χ3v) is 2.94. The van der Waals surface area contributed by atoms with Crippen molar-refractivity contribution in [2.75, 3.05) is 12.3 Å². The summed E-state index contributed by atoms with van der Waals surface area (Å²) < 4.78 is 18.1. The molecule has 0 heterocycles. The van der Waals surface area contributed by atoms with Gasteiger partial charge in [-0.3, -0.25) is 4.79 Å². The first-order chi connectivity index (χ1) is 10.1. The number of ether oxygens (including phenoxy) is 1. The second-order valence-electron chi connectivity index (χ2n) is 4.49. The van der Waals surface area contributed by atoms with E-state index in [1.54, 1.807) is 30.3 Å². The van der Waals surface area contributed by atoms with Gasteiger partial charge in [0.1, 0.15) is 11.6 Å². The van der Waals surface area contributed by atoms with Gasteiger partial charge in [0.25, 0.3) is 5.91 Å². The van der Waals surface area contributed by atoms with Gasteiger partial charge in [-0.15, -0.1) is 0 Å². The molecule has 0 saturated carbocycles. The smallest absolute Gasteiger partial charge is 0.251 e. The van der Waals surface area contributed by atoms with Crippen molar-refractivity contribution in [1.29, 1.82) is 0 Å². The standard InChI is InChI=1S/C16H17FN2O2/c1-2-21-15-9-12(5-8-14(15)18)16(20)19-10-11-3-6-13(17)7-4-11/h3-9H,2,10,18H2,1H3,(H,19,20). The number of amides is 1. The van der Waals surface area contributed by atoms with Crippen molar-refractivity contribution in [3.63, 3.8) is 0 Å². The number of hydrogen-bond donors (Lipinski definition) is 2. The molecule has 0 atom stereocenters. The summed E-state index contributed by atoms with van der Waals surface area (Å²) in [5.41, 5.74) is 7.55. The fourth-order valence-corrected chi connectivity index (χ4v) is 1.84. The van der Waals surface area contributed by atoms with Crippen LogP contribution in [0.4, 0.5) is 10.1 Å². The lowest BCUT2D eigenvalue weighted by atomic mass is 10.1. The van der Waals surface area contributed by atoms with E-state index in [1.807, 2.05) is 6.92 Å². The maximum atomic E-state index is 12.8. The summed E-state index contributed by atoms with van der Waals surface area (Å²) in [7, 11) is 0. The Kier molecular flexibility index (Phi) is 4.77. The van der Waals surface area contributed by atoms with Crippen molar-refractivity contribution < 1.29 is 13.9 Å². The third kappa shape index (κ3) is 3.95. The highest BCUT2D eigenvalue weighted by molar-refractivity contribution is 5.95. The van der Waals surface area contributed by atoms with Crippen molar-refractivity contribution >= 4 is 11.6 Å². The van der Waals surface area contributed by atoms with E-state index in [9.17, 15) is 9.18 Å². The van der Waals surface area contributed by atoms with Gasteiger partial charge in [-0.25, -0.2) is 4.39 Å². The van der Waals surface area contributed by atoms with E-state index in [4.69, 9.17) is 10.5 Å². The minimum atomic E-state index is -0.301. The molecule has 0 aliphatic heterocycles. The summed E-state index contributed by atoms with van der Waals surface area (Å²) in [5.74, 6) is -0.0443. The predicted molar refractivity (Wildman–Crippen MR) is 79.6 cm³/mol. The molecule has 0 aliphatic carbocycles. The SMILES string of the molecule is CCOc1cc(C(=O)NCc2ccc(F)cc2)ccc1N. The molecule has 0 aromatic heterocycles. The fraction of sp³-hybridized carbons (Fsp3) is 0.188. The van der Waals surface area contributed by atoms with Crippen LogP contribution in [-0.2, 0) is 6.54 Å². The zero-order valence-electron chi connectivity index (χ0n) is 11.7. The third-order valence-electron chi connectivity index (χ3n) is 2.94. The number of benzene rings is 2. The number of nitrogens with one attached hydrogen (secondary N) is 1. The monoisotopic (exact) mass is 288 g/mol. The van der Waals surface area contributed by atoms with Crippen molar-refractivity contribution in [2.45, 2.75) is 13.5 Å². The maximum Gasteiger partial charge on any atom is 0.251 e. The molecule has 2 aromatic rings. The van der Waals surface area contributed by atoms with Gasteiger partial charge < -0.3 is 15.8 Å². The van der Waals surface area contributed by atoms with Gasteiger partial charge in [0.05, 0.1) is 12.3 Å². The van der Waals surface area contributed by atoms with E-state index in [-0.39, 0.29) is 11.7 Å². The van der Waals surface area contributed by atoms with Crippen molar-refractivity contribution in [3.8, 4) is 5.75 Å². The molecule has 110 valence electrons. The van der Waals surface area contributed by atoms with Gasteiger partial charge in [-0.1, -0.05) is 12.1 Å². The second kappa shape index (κ2) is 6.74. The van der Waals surface area contributed by atoms with Crippen LogP contribution in [0.2, 0.25) is 0 Å². The molecule has 0 spiro atoms. The van der Waals surface area contributed by atoms with Crippen LogP contribution >= 0.6 is 0 Å². The van der Waals surface area contributed by atoms with Gasteiger partial charge in [0, 0.05) is 12.1 Å². The first kappa shape index (κ1) is 14.8. The van der Waals surface area contributed by atoms with E-state index < -0.39 is 0 Å². The minimum absolute atomic E-state index is 0.236. The predicted octanol–water partition coefficient (Wildman–Crippen LogP) is 2.74. The van der Waals surface area contributed by atoms with E-state index in [2.05, 4.69) is 5.32 Å². The zero-order valence-corrected chi connectivity index (χ0v) is 11.7. The first-order valence-corrected chi connectivity index (χ1v) is 6.65. The topological polar surface area (TPSA) is 64.3 Å². The van der Waals surface area contributed by atoms with Crippen LogP contribution in [-0.4, -0.2) is 12.5 Å². The Bertz CT molecular complexity index is 627. The molecule has 0 saturated heterocycles. The van der Waals surface area contributed by atoms with E-state index in [0.717, 1.165) is 5.56 Å². The summed E-state index contributed by atoms with van der Waals surface area (Å²) in [6.07, 6.45) is 0. The number of carbonyl (C=O) groups excluding carboxylic acids is 1. The number of halogens is 1. The van der Waals surface area contributed by atoms with Crippen LogP contribution in [0.25, 0.3) is 0 Å². The maximum absolute atomic E-state index is 12.8. The zero-order chi connectivity index (χ0) is 15.2. The van der Waals surface area contributed by atoms with Crippen LogP contribution < -0.4 is 15.8 Å². The number of rotatable bonds is 5. The summed E-state index contributed by atoms with van der Waals surface area (Å²) in [6.45, 7) is 2.65. The normalized spacial score (nSPS) is 10.2. The molecule has 0 unspecified atom stereocenters. The highest BCUT2D eigenvalue weighted by Crippen LogP contribution is 2.22. The Hall–Kier alpha value is -2.56. The summed E-state index contributed by atoms with van der Waals surface area (Å²) >= 11 is 0. The highest BCUT2D eigenvalue weighted by Gasteiger charge is 2.09. The average molecular weight is 288 g/mol. The van der Waals surface area contributed by atoms with Crippen LogP contribution in [0, 0.1) is 5.82 Å². The lowest BCUT2D eigenvalue weighted by molar-refractivity contribution is 0.0950. The Morgan fingerprint density at radius 2 is 1.95 bits per heavy atom. The summed E-state index contributed by atoms with van der Waals surface area (Å²) in [4.78, 5) is 12.1. The van der Waals surface area contributed by atoms with Gasteiger partial charge >= 0.3 is 0 Å². The Labute approximate surface area is 122 Å². The first-order valence-electron chi connectivity index (χ1n) is 6.65. The summed E-state index contributed by atoms with van der Waals surface area (Å²) in [6, 6.07) is 10.9. The minimum Gasteiger partial charge on any atom is -0.492 e. The number of nitrogen functional groups attached to an aromatic ring is 1. The van der Waals surface area contributed by atoms with Crippen LogP contribution in [0.15, 0.2) is 42.5 Å². The van der Waals surface area contributed by atoms with Crippen molar-refractivity contribution in [3.05, 3.63) is 59.4 Å². The molecule has 4 nitrogen and oxygen atoms in total. The second-order valence-corrected chi connectivity index (χ2v) is 4.49. The van der Waals surface area contributed by atoms with Crippen molar-refractivity contribution in [2.24, 2.45) is 0 Å². The molecule has 2 rings (SSSR count). The van der Waals surface area contributed by atoms with Crippen LogP contribution in [0.5, 0.6) is 5.75 Å². The molecule has 2 aromatic carbocycles. The lowest BCUT2D eigenvalue weighted by Crippen LogP contribution is -2.22. The van der Waals surface area contributed by atoms with Gasteiger partial charge in [0.2, 0.25) is 0 Å². The Morgan fingerprint density at radius 3 is 2.62 bits per heavy atom. The molecule has 0 aliphatic rings. The molecule has 5 heteroatoms. The number of nitrogens with two attached hydrogens (primary N) is 1. The molecule has 3 N–H and O–H groups in total. The van der Waals surface area contributed by atoms with Gasteiger partial charge in [-0.2, -0.15) is 0 Å². The van der Waals surface area contributed by atoms with E-state index >= 15 is 0 Å². The number of anilines is 1. The molecule has 0 radical (unpaired) electrons. The van der Waals surface area contributed by atoms with E-state index in [0.29, 0.717) is 30.2 Å². The Balaban J connectivity index is 2.03. The van der Waals surface area contributed by atoms with E-state index in [1.165, 1.54) is 12.1 Å². The van der Waals surface area contributed by atoms with Crippen LogP contribution in [0.3, 0.4) is 0 Å². The molecular formula is C16H17FN2O2. The fourth-order valence-electron chi connectivity index (χ4n) is 1.84. The van der Waals surface area contributed by atoms with Crippen LogP contribution in [0.1, 0.15) is 22.8 Å². The number of hydrogen-bond acceptors (Lipinski definition) is 3. The van der Waals surface area contributed by atoms with Crippen molar-refractivity contribution in [1.82, 2.24) is 5.32 Å². The van der Waals surface area contributed by atoms with Gasteiger partial charge in [-0.05, 0) is 42.8 Å².